The standard InChI is InChI=1S/C15H21NO/c1-2-14(16)10-15(17)13-8-4-7-12(9-13)11-5-3-6-11/h4,7-9,11,14H,2-3,5-6,10,16H2,1H3. The van der Waals surface area contributed by atoms with Crippen molar-refractivity contribution in [3.05, 3.63) is 35.4 Å². The maximum Gasteiger partial charge on any atom is 0.164 e. The summed E-state index contributed by atoms with van der Waals surface area (Å²) in [6.45, 7) is 2.02. The third-order valence-electron chi connectivity index (χ3n) is 3.76. The first kappa shape index (κ1) is 12.3. The number of carbonyl (C=O) groups is 1. The average molecular weight is 231 g/mol. The molecule has 0 amide bonds. The Morgan fingerprint density at radius 1 is 1.47 bits per heavy atom. The largest absolute Gasteiger partial charge is 0.327 e. The molecule has 17 heavy (non-hydrogen) atoms. The van der Waals surface area contributed by atoms with E-state index in [0.717, 1.165) is 12.0 Å². The highest BCUT2D eigenvalue weighted by Gasteiger charge is 2.20. The number of carbonyl (C=O) groups excluding carboxylic acids is 1. The fraction of sp³-hybridized carbons (Fsp3) is 0.533. The van der Waals surface area contributed by atoms with Gasteiger partial charge in [0.2, 0.25) is 0 Å². The van der Waals surface area contributed by atoms with E-state index >= 15 is 0 Å². The van der Waals surface area contributed by atoms with Gasteiger partial charge in [0.15, 0.2) is 5.78 Å². The molecular weight excluding hydrogens is 210 g/mol. The van der Waals surface area contributed by atoms with Crippen LogP contribution in [-0.2, 0) is 0 Å². The van der Waals surface area contributed by atoms with Gasteiger partial charge >= 0.3 is 0 Å². The van der Waals surface area contributed by atoms with Gasteiger partial charge in [-0.15, -0.1) is 0 Å². The summed E-state index contributed by atoms with van der Waals surface area (Å²) < 4.78 is 0. The molecule has 0 bridgehead atoms. The molecule has 92 valence electrons. The van der Waals surface area contributed by atoms with Crippen LogP contribution in [0.2, 0.25) is 0 Å². The molecule has 0 saturated heterocycles. The summed E-state index contributed by atoms with van der Waals surface area (Å²) in [5.74, 6) is 0.864. The molecule has 2 rings (SSSR count). The first-order chi connectivity index (χ1) is 8.20. The van der Waals surface area contributed by atoms with E-state index in [0.29, 0.717) is 12.3 Å². The van der Waals surface area contributed by atoms with Gasteiger partial charge in [0.1, 0.15) is 0 Å². The number of benzene rings is 1. The van der Waals surface area contributed by atoms with Crippen molar-refractivity contribution < 1.29 is 4.79 Å². The number of hydrogen-bond donors (Lipinski definition) is 1. The molecule has 0 spiro atoms. The molecule has 1 saturated carbocycles. The van der Waals surface area contributed by atoms with E-state index in [1.165, 1.54) is 24.8 Å². The fourth-order valence-corrected chi connectivity index (χ4v) is 2.21. The SMILES string of the molecule is CCC(N)CC(=O)c1cccc(C2CCC2)c1. The Labute approximate surface area is 103 Å². The first-order valence-electron chi connectivity index (χ1n) is 6.59. The van der Waals surface area contributed by atoms with Gasteiger partial charge in [0, 0.05) is 18.0 Å². The molecule has 0 aromatic heterocycles. The molecule has 0 heterocycles. The molecule has 1 aromatic carbocycles. The number of ketones is 1. The second-order valence-corrected chi connectivity index (χ2v) is 5.05. The molecule has 2 heteroatoms. The molecule has 1 fully saturated rings. The van der Waals surface area contributed by atoms with Crippen LogP contribution < -0.4 is 5.73 Å². The molecule has 1 aliphatic rings. The molecule has 1 aromatic rings. The van der Waals surface area contributed by atoms with Crippen LogP contribution in [0.15, 0.2) is 24.3 Å². The smallest absolute Gasteiger partial charge is 0.164 e. The topological polar surface area (TPSA) is 43.1 Å². The lowest BCUT2D eigenvalue weighted by atomic mass is 9.79. The van der Waals surface area contributed by atoms with Crippen LogP contribution in [0.1, 0.15) is 60.9 Å². The Hall–Kier alpha value is -1.15. The fourth-order valence-electron chi connectivity index (χ4n) is 2.21. The summed E-state index contributed by atoms with van der Waals surface area (Å²) in [4.78, 5) is 12.0. The summed E-state index contributed by atoms with van der Waals surface area (Å²) in [6, 6.07) is 8.11. The minimum absolute atomic E-state index is 0.00476. The number of rotatable bonds is 5. The third kappa shape index (κ3) is 2.95. The highest BCUT2D eigenvalue weighted by Crippen LogP contribution is 2.36. The van der Waals surface area contributed by atoms with Crippen LogP contribution in [0, 0.1) is 0 Å². The van der Waals surface area contributed by atoms with Crippen molar-refractivity contribution in [2.45, 2.75) is 51.0 Å². The van der Waals surface area contributed by atoms with Gasteiger partial charge < -0.3 is 5.73 Å². The van der Waals surface area contributed by atoms with Crippen LogP contribution in [0.4, 0.5) is 0 Å². The maximum atomic E-state index is 12.0. The summed E-state index contributed by atoms with van der Waals surface area (Å²) in [7, 11) is 0. The van der Waals surface area contributed by atoms with Crippen LogP contribution in [0.5, 0.6) is 0 Å². The number of hydrogen-bond acceptors (Lipinski definition) is 2. The quantitative estimate of drug-likeness (QED) is 0.790. The lowest BCUT2D eigenvalue weighted by Crippen LogP contribution is -2.22. The second-order valence-electron chi connectivity index (χ2n) is 5.05. The zero-order chi connectivity index (χ0) is 12.3. The van der Waals surface area contributed by atoms with E-state index in [4.69, 9.17) is 5.73 Å². The Balaban J connectivity index is 2.07. The van der Waals surface area contributed by atoms with E-state index < -0.39 is 0 Å². The second kappa shape index (κ2) is 5.46. The Morgan fingerprint density at radius 2 is 2.24 bits per heavy atom. The molecule has 0 radical (unpaired) electrons. The summed E-state index contributed by atoms with van der Waals surface area (Å²) >= 11 is 0. The molecular formula is C15H21NO. The summed E-state index contributed by atoms with van der Waals surface area (Å²) in [5, 5.41) is 0. The van der Waals surface area contributed by atoms with E-state index in [-0.39, 0.29) is 11.8 Å². The van der Waals surface area contributed by atoms with Crippen molar-refractivity contribution >= 4 is 5.78 Å². The number of nitrogens with two attached hydrogens (primary N) is 1. The Bertz CT molecular complexity index is 396. The monoisotopic (exact) mass is 231 g/mol. The van der Waals surface area contributed by atoms with Crippen molar-refractivity contribution in [1.82, 2.24) is 0 Å². The molecule has 1 aliphatic carbocycles. The lowest BCUT2D eigenvalue weighted by molar-refractivity contribution is 0.0973. The van der Waals surface area contributed by atoms with Gasteiger partial charge in [0.25, 0.3) is 0 Å². The van der Waals surface area contributed by atoms with Crippen LogP contribution >= 0.6 is 0 Å². The van der Waals surface area contributed by atoms with Gasteiger partial charge in [0.05, 0.1) is 0 Å². The Kier molecular flexibility index (Phi) is 3.95. The maximum absolute atomic E-state index is 12.0. The van der Waals surface area contributed by atoms with Crippen LogP contribution in [-0.4, -0.2) is 11.8 Å². The molecule has 2 nitrogen and oxygen atoms in total. The third-order valence-corrected chi connectivity index (χ3v) is 3.76. The highest BCUT2D eigenvalue weighted by atomic mass is 16.1. The Morgan fingerprint density at radius 3 is 2.82 bits per heavy atom. The van der Waals surface area contributed by atoms with Crippen molar-refractivity contribution in [1.29, 1.82) is 0 Å². The van der Waals surface area contributed by atoms with Gasteiger partial charge in [-0.2, -0.15) is 0 Å². The minimum Gasteiger partial charge on any atom is -0.327 e. The van der Waals surface area contributed by atoms with Gasteiger partial charge in [-0.3, -0.25) is 4.79 Å². The van der Waals surface area contributed by atoms with Crippen molar-refractivity contribution in [3.8, 4) is 0 Å². The van der Waals surface area contributed by atoms with E-state index in [1.54, 1.807) is 0 Å². The molecule has 1 atom stereocenters. The lowest BCUT2D eigenvalue weighted by Gasteiger charge is -2.26. The average Bonchev–Trinajstić information content (AvgIpc) is 2.27. The molecule has 2 N–H and O–H groups in total. The normalized spacial score (nSPS) is 17.5. The van der Waals surface area contributed by atoms with Gasteiger partial charge in [-0.05, 0) is 36.8 Å². The van der Waals surface area contributed by atoms with Crippen molar-refractivity contribution in [2.75, 3.05) is 0 Å². The summed E-state index contributed by atoms with van der Waals surface area (Å²) in [6.07, 6.45) is 5.18. The number of Topliss-reactive ketones (excluding diaryl/α,β-unsaturated/α-hetero) is 1. The van der Waals surface area contributed by atoms with Crippen LogP contribution in [0.25, 0.3) is 0 Å². The van der Waals surface area contributed by atoms with Gasteiger partial charge in [-0.1, -0.05) is 31.5 Å². The van der Waals surface area contributed by atoms with Crippen LogP contribution in [0.3, 0.4) is 0 Å². The highest BCUT2D eigenvalue weighted by molar-refractivity contribution is 5.96. The zero-order valence-corrected chi connectivity index (χ0v) is 10.5. The molecule has 0 aliphatic heterocycles. The van der Waals surface area contributed by atoms with E-state index in [2.05, 4.69) is 12.1 Å². The predicted octanol–water partition coefficient (Wildman–Crippen LogP) is 3.26. The predicted molar refractivity (Wildman–Crippen MR) is 70.2 cm³/mol. The van der Waals surface area contributed by atoms with Crippen molar-refractivity contribution in [2.24, 2.45) is 5.73 Å². The van der Waals surface area contributed by atoms with E-state index in [9.17, 15) is 4.79 Å². The van der Waals surface area contributed by atoms with Gasteiger partial charge in [-0.25, -0.2) is 0 Å². The molecule has 1 unspecified atom stereocenters. The van der Waals surface area contributed by atoms with E-state index in [1.807, 2.05) is 19.1 Å². The summed E-state index contributed by atoms with van der Waals surface area (Å²) in [5.41, 5.74) is 7.98. The minimum atomic E-state index is -0.00476. The zero-order valence-electron chi connectivity index (χ0n) is 10.5. The first-order valence-corrected chi connectivity index (χ1v) is 6.59. The van der Waals surface area contributed by atoms with Crippen molar-refractivity contribution in [3.63, 3.8) is 0 Å².